The molecular formula is C43H25N3O2. The molecule has 0 fully saturated rings. The zero-order valence-electron chi connectivity index (χ0n) is 30.2. The predicted octanol–water partition coefficient (Wildman–Crippen LogP) is 11.5. The van der Waals surface area contributed by atoms with Crippen LogP contribution >= 0.6 is 0 Å². The number of rotatable bonds is 4. The Balaban J connectivity index is 1.20. The quantitative estimate of drug-likeness (QED) is 0.196. The van der Waals surface area contributed by atoms with Crippen molar-refractivity contribution in [1.82, 2.24) is 15.0 Å². The zero-order chi connectivity index (χ0) is 36.0. The number of hydrogen-bond donors (Lipinski definition) is 0. The molecule has 224 valence electrons. The maximum atomic E-state index is 8.59. The van der Waals surface area contributed by atoms with Gasteiger partial charge in [0.25, 0.3) is 0 Å². The highest BCUT2D eigenvalue weighted by Gasteiger charge is 2.19. The molecule has 0 saturated heterocycles. The molecule has 0 bridgehead atoms. The van der Waals surface area contributed by atoms with E-state index in [0.29, 0.717) is 45.2 Å². The molecule has 3 aromatic heterocycles. The van der Waals surface area contributed by atoms with Crippen molar-refractivity contribution >= 4 is 54.6 Å². The van der Waals surface area contributed by atoms with Crippen molar-refractivity contribution in [2.24, 2.45) is 0 Å². The molecule has 0 saturated carbocycles. The molecule has 0 aliphatic rings. The number of hydrogen-bond acceptors (Lipinski definition) is 5. The Labute approximate surface area is 281 Å². The maximum Gasteiger partial charge on any atom is 0.164 e. The van der Waals surface area contributed by atoms with Crippen LogP contribution in [0.15, 0.2) is 160 Å². The van der Waals surface area contributed by atoms with Crippen LogP contribution in [0.2, 0.25) is 0 Å². The number of fused-ring (bicyclic) bond motifs is 8. The minimum Gasteiger partial charge on any atom is -0.456 e. The Hall–Kier alpha value is -6.59. The topological polar surface area (TPSA) is 65.0 Å². The fraction of sp³-hybridized carbons (Fsp3) is 0. The van der Waals surface area contributed by atoms with E-state index in [1.165, 1.54) is 0 Å². The summed E-state index contributed by atoms with van der Waals surface area (Å²) in [4.78, 5) is 15.1. The molecule has 10 rings (SSSR count). The van der Waals surface area contributed by atoms with Crippen molar-refractivity contribution in [2.45, 2.75) is 0 Å². The van der Waals surface area contributed by atoms with Crippen LogP contribution in [-0.2, 0) is 0 Å². The normalized spacial score (nSPS) is 13.2. The number of furan rings is 2. The van der Waals surface area contributed by atoms with E-state index in [2.05, 4.69) is 30.3 Å². The highest BCUT2D eigenvalue weighted by atomic mass is 16.3. The highest BCUT2D eigenvalue weighted by molar-refractivity contribution is 6.16. The molecule has 7 aromatic carbocycles. The molecule has 5 heteroatoms. The second kappa shape index (κ2) is 10.5. The number of aromatic nitrogens is 3. The van der Waals surface area contributed by atoms with Gasteiger partial charge in [-0.25, -0.2) is 15.0 Å². The van der Waals surface area contributed by atoms with Gasteiger partial charge in [0, 0.05) is 43.6 Å². The van der Waals surface area contributed by atoms with Crippen molar-refractivity contribution in [3.63, 3.8) is 0 Å². The lowest BCUT2D eigenvalue weighted by Crippen LogP contribution is -2.00. The van der Waals surface area contributed by atoms with E-state index in [0.717, 1.165) is 49.2 Å². The molecule has 0 unspecified atom stereocenters. The van der Waals surface area contributed by atoms with Crippen LogP contribution in [-0.4, -0.2) is 15.0 Å². The average molecular weight is 621 g/mol. The SMILES string of the molecule is [2H]c1c([2H])c([2H])c(-c2ccc3oc4cccc(-c5nc(-c6ccccc6)nc(-c6ccc7oc8c9ccccc9ccc8c7c6)n5)c4c3c2)c([2H])c1[2H]. The summed E-state index contributed by atoms with van der Waals surface area (Å²) in [5, 5.41) is 5.54. The third kappa shape index (κ3) is 4.22. The van der Waals surface area contributed by atoms with Crippen LogP contribution in [0.5, 0.6) is 0 Å². The molecule has 0 atom stereocenters. The van der Waals surface area contributed by atoms with E-state index in [9.17, 15) is 0 Å². The molecule has 0 radical (unpaired) electrons. The van der Waals surface area contributed by atoms with Crippen LogP contribution < -0.4 is 0 Å². The lowest BCUT2D eigenvalue weighted by molar-refractivity contribution is 0.669. The van der Waals surface area contributed by atoms with E-state index in [4.69, 9.17) is 30.6 Å². The monoisotopic (exact) mass is 620 g/mol. The lowest BCUT2D eigenvalue weighted by Gasteiger charge is -2.09. The van der Waals surface area contributed by atoms with Crippen molar-refractivity contribution in [3.05, 3.63) is 152 Å². The van der Waals surface area contributed by atoms with Gasteiger partial charge in [-0.1, -0.05) is 109 Å². The van der Waals surface area contributed by atoms with Crippen LogP contribution in [0, 0.1) is 0 Å². The van der Waals surface area contributed by atoms with Crippen molar-refractivity contribution in [2.75, 3.05) is 0 Å². The van der Waals surface area contributed by atoms with Crippen molar-refractivity contribution in [1.29, 1.82) is 0 Å². The van der Waals surface area contributed by atoms with E-state index >= 15 is 0 Å². The molecule has 0 aliphatic heterocycles. The molecule has 10 aromatic rings. The van der Waals surface area contributed by atoms with Gasteiger partial charge < -0.3 is 8.83 Å². The minimum atomic E-state index is -0.436. The van der Waals surface area contributed by atoms with Gasteiger partial charge in [0.15, 0.2) is 17.5 Å². The summed E-state index contributed by atoms with van der Waals surface area (Å²) in [5.74, 6) is 1.41. The van der Waals surface area contributed by atoms with E-state index in [1.807, 2.05) is 72.8 Å². The molecule has 0 spiro atoms. The van der Waals surface area contributed by atoms with Gasteiger partial charge in [0.05, 0.1) is 6.85 Å². The fourth-order valence-corrected chi connectivity index (χ4v) is 6.55. The van der Waals surface area contributed by atoms with Gasteiger partial charge >= 0.3 is 0 Å². The average Bonchev–Trinajstić information content (AvgIpc) is 3.78. The molecule has 48 heavy (non-hydrogen) atoms. The maximum absolute atomic E-state index is 8.59. The van der Waals surface area contributed by atoms with Crippen LogP contribution in [0.1, 0.15) is 6.85 Å². The molecule has 0 N–H and O–H groups in total. The van der Waals surface area contributed by atoms with Crippen LogP contribution in [0.4, 0.5) is 0 Å². The van der Waals surface area contributed by atoms with Gasteiger partial charge in [-0.2, -0.15) is 0 Å². The second-order valence-electron chi connectivity index (χ2n) is 11.6. The fourth-order valence-electron chi connectivity index (χ4n) is 6.55. The summed E-state index contributed by atoms with van der Waals surface area (Å²) in [5.41, 5.74) is 5.67. The van der Waals surface area contributed by atoms with E-state index in [-0.39, 0.29) is 29.7 Å². The number of nitrogens with zero attached hydrogens (tertiary/aromatic N) is 3. The Morgan fingerprint density at radius 3 is 2.04 bits per heavy atom. The van der Waals surface area contributed by atoms with Gasteiger partial charge in [-0.3, -0.25) is 0 Å². The summed E-state index contributed by atoms with van der Waals surface area (Å²) in [7, 11) is 0. The standard InChI is InChI=1S/C43H25N3O2/c1-3-10-26(11-4-1)29-19-22-37-35(24-29)39-33(16-9-17-38(39)47-37)43-45-41(28-13-5-2-6-14-28)44-42(46-43)30-20-23-36-34(25-30)32-21-18-27-12-7-8-15-31(27)40(32)48-36/h1-25H/i1D,3D,4D,10D,11D. The second-order valence-corrected chi connectivity index (χ2v) is 11.6. The summed E-state index contributed by atoms with van der Waals surface area (Å²) in [6.45, 7) is 0. The van der Waals surface area contributed by atoms with Gasteiger partial charge in [-0.15, -0.1) is 0 Å². The number of benzene rings is 7. The first-order valence-electron chi connectivity index (χ1n) is 18.0. The summed E-state index contributed by atoms with van der Waals surface area (Å²) in [6, 6.07) is 37.3. The van der Waals surface area contributed by atoms with Crippen molar-refractivity contribution in [3.8, 4) is 45.3 Å². The largest absolute Gasteiger partial charge is 0.456 e. The highest BCUT2D eigenvalue weighted by Crippen LogP contribution is 2.39. The molecular weight excluding hydrogens is 590 g/mol. The molecule has 5 nitrogen and oxygen atoms in total. The zero-order valence-corrected chi connectivity index (χ0v) is 25.2. The molecule has 0 aliphatic carbocycles. The Morgan fingerprint density at radius 1 is 0.438 bits per heavy atom. The first-order valence-corrected chi connectivity index (χ1v) is 15.5. The third-order valence-corrected chi connectivity index (χ3v) is 8.81. The van der Waals surface area contributed by atoms with Crippen LogP contribution in [0.25, 0.3) is 99.9 Å². The first-order chi connectivity index (χ1) is 25.8. The van der Waals surface area contributed by atoms with E-state index < -0.39 is 6.04 Å². The predicted molar refractivity (Wildman–Crippen MR) is 194 cm³/mol. The van der Waals surface area contributed by atoms with Gasteiger partial charge in [-0.05, 0) is 59.0 Å². The Kier molecular flexibility index (Phi) is 4.81. The first kappa shape index (κ1) is 22.0. The summed E-state index contributed by atoms with van der Waals surface area (Å²) < 4.78 is 54.4. The third-order valence-electron chi connectivity index (χ3n) is 8.81. The van der Waals surface area contributed by atoms with Crippen LogP contribution in [0.3, 0.4) is 0 Å². The minimum absolute atomic E-state index is 0.119. The Morgan fingerprint density at radius 2 is 1.17 bits per heavy atom. The lowest BCUT2D eigenvalue weighted by atomic mass is 10.0. The smallest absolute Gasteiger partial charge is 0.164 e. The molecule has 3 heterocycles. The Bertz CT molecular complexity index is 3110. The van der Waals surface area contributed by atoms with Gasteiger partial charge in [0.2, 0.25) is 0 Å². The summed E-state index contributed by atoms with van der Waals surface area (Å²) in [6.07, 6.45) is 0. The molecule has 0 amide bonds. The van der Waals surface area contributed by atoms with E-state index in [1.54, 1.807) is 18.2 Å². The van der Waals surface area contributed by atoms with Crippen molar-refractivity contribution < 1.29 is 15.7 Å². The summed E-state index contributed by atoms with van der Waals surface area (Å²) >= 11 is 0. The van der Waals surface area contributed by atoms with Gasteiger partial charge in [0.1, 0.15) is 22.3 Å².